The lowest BCUT2D eigenvalue weighted by atomic mass is 9.96. The first-order valence-corrected chi connectivity index (χ1v) is 16.1. The van der Waals surface area contributed by atoms with Gasteiger partial charge in [0.15, 0.2) is 5.57 Å². The predicted molar refractivity (Wildman–Crippen MR) is 182 cm³/mol. The van der Waals surface area contributed by atoms with Crippen molar-refractivity contribution in [1.29, 1.82) is 5.26 Å². The van der Waals surface area contributed by atoms with Gasteiger partial charge in [0.1, 0.15) is 16.5 Å². The minimum atomic E-state index is -0.484. The molecule has 1 saturated heterocycles. The first kappa shape index (κ1) is 32.3. The highest BCUT2D eigenvalue weighted by molar-refractivity contribution is 7.07. The molecule has 0 unspecified atom stereocenters. The lowest BCUT2D eigenvalue weighted by Gasteiger charge is -2.39. The minimum absolute atomic E-state index is 0.00445. The molecule has 1 amide bonds. The van der Waals surface area contributed by atoms with Crippen LogP contribution < -0.4 is 14.8 Å². The molecule has 10 heteroatoms. The summed E-state index contributed by atoms with van der Waals surface area (Å²) in [4.78, 5) is 43.7. The van der Waals surface area contributed by atoms with Crippen LogP contribution >= 0.6 is 11.3 Å². The van der Waals surface area contributed by atoms with E-state index < -0.39 is 23.3 Å². The second-order valence-corrected chi connectivity index (χ2v) is 12.2. The zero-order valence-corrected chi connectivity index (χ0v) is 26.9. The highest BCUT2D eigenvalue weighted by Crippen LogP contribution is 2.29. The summed E-state index contributed by atoms with van der Waals surface area (Å²) in [6.07, 6.45) is 1.63. The fourth-order valence-corrected chi connectivity index (χ4v) is 6.97. The van der Waals surface area contributed by atoms with Gasteiger partial charge in [-0.15, -0.1) is 11.3 Å². The Morgan fingerprint density at radius 2 is 1.44 bits per heavy atom. The molecule has 4 aromatic carbocycles. The summed E-state index contributed by atoms with van der Waals surface area (Å²) in [5.74, 6) is -1.44. The number of carbonyl (C=O) groups excluding carboxylic acids is 2. The molecular formula is C38H31FN4O4S. The second-order valence-electron chi connectivity index (χ2n) is 11.2. The van der Waals surface area contributed by atoms with Crippen LogP contribution in [0.25, 0.3) is 17.3 Å². The Bertz CT molecular complexity index is 2110. The van der Waals surface area contributed by atoms with Crippen molar-refractivity contribution in [2.75, 3.05) is 33.3 Å². The molecular weight excluding hydrogens is 628 g/mol. The maximum Gasteiger partial charge on any atom is 0.337 e. The molecule has 6 rings (SSSR count). The van der Waals surface area contributed by atoms with Crippen LogP contribution in [0.4, 0.5) is 4.39 Å². The van der Waals surface area contributed by atoms with Gasteiger partial charge in [-0.3, -0.25) is 19.1 Å². The summed E-state index contributed by atoms with van der Waals surface area (Å²) in [6, 6.07) is 34.4. The van der Waals surface area contributed by atoms with Crippen molar-refractivity contribution >= 4 is 34.9 Å². The number of piperazine rings is 1. The average Bonchev–Trinajstić information content (AvgIpc) is 3.44. The Kier molecular flexibility index (Phi) is 9.71. The topological polar surface area (TPSA) is 95.6 Å². The van der Waals surface area contributed by atoms with E-state index in [1.54, 1.807) is 35.2 Å². The van der Waals surface area contributed by atoms with E-state index in [4.69, 9.17) is 4.74 Å². The number of hydrogen-bond acceptors (Lipinski definition) is 7. The molecule has 5 aromatic rings. The van der Waals surface area contributed by atoms with Gasteiger partial charge >= 0.3 is 5.97 Å². The molecule has 0 atom stereocenters. The standard InChI is InChI=1S/C38H31FN4O4S/c1-47-38(46)29-14-12-26(13-15-29)24-33-36(45)43(31-18-16-30(39)17-19-31)37(48-33)32(25-40)35(44)42-22-20-41(21-23-42)34(27-8-4-2-5-9-27)28-10-6-3-7-11-28/h2-19,24,34H,20-23H2,1H3. The largest absolute Gasteiger partial charge is 0.465 e. The molecule has 0 N–H and O–H groups in total. The summed E-state index contributed by atoms with van der Waals surface area (Å²) >= 11 is 1.01. The van der Waals surface area contributed by atoms with Gasteiger partial charge < -0.3 is 9.64 Å². The summed E-state index contributed by atoms with van der Waals surface area (Å²) < 4.78 is 20.3. The molecule has 240 valence electrons. The number of ether oxygens (including phenoxy) is 1. The molecule has 0 bridgehead atoms. The third-order valence-electron chi connectivity index (χ3n) is 8.27. The van der Waals surface area contributed by atoms with Crippen molar-refractivity contribution in [3.8, 4) is 11.8 Å². The van der Waals surface area contributed by atoms with Crippen LogP contribution in [-0.2, 0) is 9.53 Å². The highest BCUT2D eigenvalue weighted by Gasteiger charge is 2.30. The molecule has 1 fully saturated rings. The number of aromatic nitrogens is 1. The second kappa shape index (κ2) is 14.4. The number of methoxy groups -OCH3 is 1. The maximum absolute atomic E-state index is 14.0. The number of esters is 1. The quantitative estimate of drug-likeness (QED) is 0.243. The average molecular weight is 659 g/mol. The first-order valence-electron chi connectivity index (χ1n) is 15.3. The monoisotopic (exact) mass is 658 g/mol. The highest BCUT2D eigenvalue weighted by atomic mass is 32.1. The number of nitriles is 1. The summed E-state index contributed by atoms with van der Waals surface area (Å²) in [5, 5.41) is 10.4. The molecule has 48 heavy (non-hydrogen) atoms. The van der Waals surface area contributed by atoms with Crippen molar-refractivity contribution in [3.05, 3.63) is 157 Å². The van der Waals surface area contributed by atoms with Gasteiger partial charge in [0.2, 0.25) is 0 Å². The van der Waals surface area contributed by atoms with Crippen molar-refractivity contribution in [3.63, 3.8) is 0 Å². The zero-order chi connectivity index (χ0) is 33.6. The van der Waals surface area contributed by atoms with Crippen LogP contribution in [0.1, 0.15) is 33.1 Å². The predicted octanol–water partition coefficient (Wildman–Crippen LogP) is 4.26. The van der Waals surface area contributed by atoms with Gasteiger partial charge in [0.05, 0.1) is 28.9 Å². The lowest BCUT2D eigenvalue weighted by molar-refractivity contribution is -0.126. The van der Waals surface area contributed by atoms with E-state index in [-0.39, 0.29) is 20.8 Å². The van der Waals surface area contributed by atoms with Gasteiger partial charge in [-0.25, -0.2) is 9.18 Å². The van der Waals surface area contributed by atoms with Gasteiger partial charge in [-0.05, 0) is 59.2 Å². The zero-order valence-electron chi connectivity index (χ0n) is 26.1. The minimum Gasteiger partial charge on any atom is -0.465 e. The number of benzene rings is 4. The third-order valence-corrected chi connectivity index (χ3v) is 9.37. The SMILES string of the molecule is COC(=O)c1ccc(C=c2sc(=C(C#N)C(=O)N3CCN(C(c4ccccc4)c4ccccc4)CC3)n(-c3ccc(F)cc3)c2=O)cc1. The molecule has 8 nitrogen and oxygen atoms in total. The first-order chi connectivity index (χ1) is 23.4. The van der Waals surface area contributed by atoms with Crippen LogP contribution in [0.5, 0.6) is 0 Å². The number of rotatable bonds is 7. The maximum atomic E-state index is 14.0. The molecule has 1 aliphatic heterocycles. The van der Waals surface area contributed by atoms with Gasteiger partial charge in [0, 0.05) is 26.2 Å². The van der Waals surface area contributed by atoms with E-state index in [9.17, 15) is 24.0 Å². The molecule has 1 aromatic heterocycles. The van der Waals surface area contributed by atoms with E-state index in [0.29, 0.717) is 43.0 Å². The number of halogens is 1. The fraction of sp³-hybridized carbons (Fsp3) is 0.158. The molecule has 0 radical (unpaired) electrons. The van der Waals surface area contributed by atoms with Crippen molar-refractivity contribution < 1.29 is 18.7 Å². The van der Waals surface area contributed by atoms with E-state index >= 15 is 0 Å². The van der Waals surface area contributed by atoms with Crippen molar-refractivity contribution in [2.24, 2.45) is 0 Å². The Balaban J connectivity index is 1.36. The normalized spacial score (nSPS) is 14.5. The summed E-state index contributed by atoms with van der Waals surface area (Å²) in [6.45, 7) is 1.93. The Labute approximate surface area is 280 Å². The van der Waals surface area contributed by atoms with E-state index in [2.05, 4.69) is 35.2 Å². The van der Waals surface area contributed by atoms with Crippen LogP contribution in [0, 0.1) is 17.1 Å². The molecule has 2 heterocycles. The number of carbonyl (C=O) groups is 2. The fourth-order valence-electron chi connectivity index (χ4n) is 5.87. The van der Waals surface area contributed by atoms with Gasteiger partial charge in [-0.2, -0.15) is 5.26 Å². The van der Waals surface area contributed by atoms with Crippen molar-refractivity contribution in [1.82, 2.24) is 14.4 Å². The van der Waals surface area contributed by atoms with Gasteiger partial charge in [-0.1, -0.05) is 72.8 Å². The number of nitrogens with zero attached hydrogens (tertiary/aromatic N) is 4. The Hall–Kier alpha value is -5.63. The number of thiazole rings is 1. The van der Waals surface area contributed by atoms with Crippen LogP contribution in [0.15, 0.2) is 114 Å². The molecule has 0 aliphatic carbocycles. The van der Waals surface area contributed by atoms with Gasteiger partial charge in [0.25, 0.3) is 11.5 Å². The summed E-state index contributed by atoms with van der Waals surface area (Å²) in [7, 11) is 1.30. The molecule has 0 saturated carbocycles. The number of amides is 1. The molecule has 0 spiro atoms. The van der Waals surface area contributed by atoms with E-state index in [1.807, 2.05) is 36.4 Å². The lowest BCUT2D eigenvalue weighted by Crippen LogP contribution is -2.50. The third kappa shape index (κ3) is 6.74. The van der Waals surface area contributed by atoms with Crippen LogP contribution in [0.2, 0.25) is 0 Å². The van der Waals surface area contributed by atoms with Crippen LogP contribution in [0.3, 0.4) is 0 Å². The van der Waals surface area contributed by atoms with E-state index in [1.165, 1.54) is 35.9 Å². The number of hydrogen-bond donors (Lipinski definition) is 0. The Morgan fingerprint density at radius 3 is 1.98 bits per heavy atom. The van der Waals surface area contributed by atoms with Crippen LogP contribution in [-0.4, -0.2) is 59.5 Å². The Morgan fingerprint density at radius 1 is 0.854 bits per heavy atom. The molecule has 1 aliphatic rings. The van der Waals surface area contributed by atoms with Crippen molar-refractivity contribution in [2.45, 2.75) is 6.04 Å². The smallest absolute Gasteiger partial charge is 0.337 e. The summed E-state index contributed by atoms with van der Waals surface area (Å²) in [5.41, 5.74) is 2.99. The van der Waals surface area contributed by atoms with E-state index in [0.717, 1.165) is 22.5 Å².